The lowest BCUT2D eigenvalue weighted by atomic mass is 10.0. The Morgan fingerprint density at radius 1 is 0.822 bits per heavy atom. The van der Waals surface area contributed by atoms with Crippen molar-refractivity contribution in [1.82, 2.24) is 4.98 Å². The van der Waals surface area contributed by atoms with Crippen LogP contribution in [-0.2, 0) is 0 Å². The molecule has 5 aromatic rings. The number of carboxylic acid groups (broad SMARTS) is 1. The molecule has 10 nitrogen and oxygen atoms in total. The molecule has 5 rings (SSSR count). The molecular formula is C33H31Cl2N5O5. The van der Waals surface area contributed by atoms with Crippen LogP contribution in [0.4, 0.5) is 33.2 Å². The largest absolute Gasteiger partial charge is 0.497 e. The second kappa shape index (κ2) is 14.2. The summed E-state index contributed by atoms with van der Waals surface area (Å²) < 4.78 is 11.1. The van der Waals surface area contributed by atoms with Gasteiger partial charge in [-0.25, -0.2) is 14.6 Å². The van der Waals surface area contributed by atoms with Crippen LogP contribution in [0.5, 0.6) is 11.5 Å². The fourth-order valence-electron chi connectivity index (χ4n) is 5.14. The Hall–Kier alpha value is -4.93. The first-order valence-corrected chi connectivity index (χ1v) is 15.1. The highest BCUT2D eigenvalue weighted by Crippen LogP contribution is 2.39. The summed E-state index contributed by atoms with van der Waals surface area (Å²) in [5, 5.41) is 20.4. The fraction of sp³-hybridized carbons (Fsp3) is 0.182. The standard InChI is InChI=1S/C33H31Cl2N5O5/c1-44-22-18-20(17-21(19-22)37-33(43)38-26-10-3-4-11-27(26)40(15-13-34)16-14-35)36-29-23-7-5-9-25(32(41)42)30(23)39-31-24(29)8-6-12-28(31)45-2/h3-12,17-19H,13-16H2,1-2H3,(H,36,39)(H,41,42)(H2,37,38,43). The number of urea groups is 1. The highest BCUT2D eigenvalue weighted by atomic mass is 35.5. The molecule has 0 bridgehead atoms. The third kappa shape index (κ3) is 6.92. The Morgan fingerprint density at radius 3 is 2.20 bits per heavy atom. The van der Waals surface area contributed by atoms with E-state index in [2.05, 4.69) is 16.0 Å². The van der Waals surface area contributed by atoms with Gasteiger partial charge in [0.25, 0.3) is 0 Å². The van der Waals surface area contributed by atoms with Gasteiger partial charge in [0, 0.05) is 59.1 Å². The SMILES string of the molecule is COc1cc(NC(=O)Nc2ccccc2N(CCCl)CCCl)cc(Nc2c3cccc(OC)c3nc3c(C(=O)O)cccc23)c1. The maximum atomic E-state index is 13.2. The van der Waals surface area contributed by atoms with E-state index in [1.807, 2.05) is 41.3 Å². The van der Waals surface area contributed by atoms with Crippen molar-refractivity contribution >= 4 is 85.4 Å². The molecule has 0 spiro atoms. The van der Waals surface area contributed by atoms with Crippen molar-refractivity contribution in [2.24, 2.45) is 0 Å². The van der Waals surface area contributed by atoms with Gasteiger partial charge < -0.3 is 35.4 Å². The predicted molar refractivity (Wildman–Crippen MR) is 182 cm³/mol. The Kier molecular flexibility index (Phi) is 9.96. The molecule has 0 aliphatic heterocycles. The first-order chi connectivity index (χ1) is 21.9. The lowest BCUT2D eigenvalue weighted by Gasteiger charge is -2.25. The smallest absolute Gasteiger partial charge is 0.337 e. The van der Waals surface area contributed by atoms with Crippen LogP contribution in [0.2, 0.25) is 0 Å². The summed E-state index contributed by atoms with van der Waals surface area (Å²) in [6.45, 7) is 1.13. The first kappa shape index (κ1) is 31.5. The number of rotatable bonds is 12. The van der Waals surface area contributed by atoms with Crippen molar-refractivity contribution in [3.63, 3.8) is 0 Å². The van der Waals surface area contributed by atoms with Crippen LogP contribution >= 0.6 is 23.2 Å². The number of nitrogens with one attached hydrogen (secondary N) is 3. The number of para-hydroxylation sites is 4. The highest BCUT2D eigenvalue weighted by molar-refractivity contribution is 6.19. The van der Waals surface area contributed by atoms with E-state index >= 15 is 0 Å². The number of anilines is 5. The fourth-order valence-corrected chi connectivity index (χ4v) is 5.54. The van der Waals surface area contributed by atoms with Crippen molar-refractivity contribution in [2.45, 2.75) is 0 Å². The summed E-state index contributed by atoms with van der Waals surface area (Å²) in [7, 11) is 3.07. The van der Waals surface area contributed by atoms with Gasteiger partial charge in [-0.2, -0.15) is 0 Å². The summed E-state index contributed by atoms with van der Waals surface area (Å²) in [6, 6.07) is 22.6. The molecule has 0 unspecified atom stereocenters. The summed E-state index contributed by atoms with van der Waals surface area (Å²) in [5.41, 5.74) is 3.92. The van der Waals surface area contributed by atoms with Crippen LogP contribution in [0.1, 0.15) is 10.4 Å². The molecule has 2 amide bonds. The number of alkyl halides is 2. The second-order valence-electron chi connectivity index (χ2n) is 9.89. The number of fused-ring (bicyclic) bond motifs is 2. The average Bonchev–Trinajstić information content (AvgIpc) is 3.04. The van der Waals surface area contributed by atoms with E-state index in [-0.39, 0.29) is 5.56 Å². The van der Waals surface area contributed by atoms with Crippen molar-refractivity contribution in [3.05, 3.63) is 84.4 Å². The van der Waals surface area contributed by atoms with E-state index in [4.69, 9.17) is 37.7 Å². The maximum absolute atomic E-state index is 13.2. The molecule has 0 saturated heterocycles. The number of pyridine rings is 1. The van der Waals surface area contributed by atoms with E-state index < -0.39 is 12.0 Å². The zero-order valence-electron chi connectivity index (χ0n) is 24.6. The number of amides is 2. The minimum atomic E-state index is -1.10. The van der Waals surface area contributed by atoms with Gasteiger partial charge in [-0.1, -0.05) is 36.4 Å². The quantitative estimate of drug-likeness (QED) is 0.0799. The van der Waals surface area contributed by atoms with Crippen LogP contribution in [0.3, 0.4) is 0 Å². The van der Waals surface area contributed by atoms with Crippen molar-refractivity contribution in [3.8, 4) is 11.5 Å². The average molecular weight is 649 g/mol. The zero-order valence-corrected chi connectivity index (χ0v) is 26.1. The van der Waals surface area contributed by atoms with Crippen LogP contribution in [0.25, 0.3) is 21.8 Å². The molecule has 232 valence electrons. The highest BCUT2D eigenvalue weighted by Gasteiger charge is 2.19. The Bertz CT molecular complexity index is 1860. The third-order valence-electron chi connectivity index (χ3n) is 7.12. The van der Waals surface area contributed by atoms with E-state index in [0.29, 0.717) is 75.5 Å². The van der Waals surface area contributed by atoms with Crippen LogP contribution in [0, 0.1) is 0 Å². The summed E-state index contributed by atoms with van der Waals surface area (Å²) in [5.74, 6) is 0.699. The number of nitrogens with zero attached hydrogens (tertiary/aromatic N) is 2. The Labute approximate surface area is 269 Å². The van der Waals surface area contributed by atoms with Crippen LogP contribution in [-0.4, -0.2) is 61.2 Å². The van der Waals surface area contributed by atoms with E-state index in [1.165, 1.54) is 20.3 Å². The summed E-state index contributed by atoms with van der Waals surface area (Å²) >= 11 is 12.0. The topological polar surface area (TPSA) is 125 Å². The number of aromatic carboxylic acids is 1. The number of carbonyl (C=O) groups excluding carboxylic acids is 1. The molecule has 0 aliphatic carbocycles. The molecule has 0 saturated carbocycles. The van der Waals surface area contributed by atoms with Gasteiger partial charge in [-0.3, -0.25) is 0 Å². The van der Waals surface area contributed by atoms with Gasteiger partial charge in [0.1, 0.15) is 17.0 Å². The lowest BCUT2D eigenvalue weighted by Crippen LogP contribution is -2.29. The monoisotopic (exact) mass is 647 g/mol. The molecule has 1 aromatic heterocycles. The Balaban J connectivity index is 1.51. The number of ether oxygens (including phenoxy) is 2. The van der Waals surface area contributed by atoms with Crippen molar-refractivity contribution < 1.29 is 24.2 Å². The van der Waals surface area contributed by atoms with Gasteiger partial charge in [0.05, 0.1) is 42.4 Å². The van der Waals surface area contributed by atoms with E-state index in [1.54, 1.807) is 36.4 Å². The van der Waals surface area contributed by atoms with Crippen LogP contribution < -0.4 is 30.3 Å². The number of benzene rings is 4. The summed E-state index contributed by atoms with van der Waals surface area (Å²) in [4.78, 5) is 32.0. The molecule has 4 aromatic carbocycles. The first-order valence-electron chi connectivity index (χ1n) is 14.0. The molecular weight excluding hydrogens is 617 g/mol. The van der Waals surface area contributed by atoms with Crippen molar-refractivity contribution in [1.29, 1.82) is 0 Å². The van der Waals surface area contributed by atoms with Gasteiger partial charge in [0.2, 0.25) is 0 Å². The van der Waals surface area contributed by atoms with Gasteiger partial charge >= 0.3 is 12.0 Å². The number of hydrogen-bond acceptors (Lipinski definition) is 7. The van der Waals surface area contributed by atoms with E-state index in [9.17, 15) is 14.7 Å². The number of methoxy groups -OCH3 is 2. The lowest BCUT2D eigenvalue weighted by molar-refractivity contribution is 0.0698. The van der Waals surface area contributed by atoms with Crippen molar-refractivity contribution in [2.75, 3.05) is 59.9 Å². The van der Waals surface area contributed by atoms with Crippen LogP contribution in [0.15, 0.2) is 78.9 Å². The Morgan fingerprint density at radius 2 is 1.51 bits per heavy atom. The molecule has 1 heterocycles. The summed E-state index contributed by atoms with van der Waals surface area (Å²) in [6.07, 6.45) is 0. The number of halogens is 2. The molecule has 0 aliphatic rings. The molecule has 0 fully saturated rings. The number of hydrogen-bond donors (Lipinski definition) is 4. The number of carbonyl (C=O) groups is 2. The number of carboxylic acids is 1. The van der Waals surface area contributed by atoms with Gasteiger partial charge in [-0.05, 0) is 30.3 Å². The minimum Gasteiger partial charge on any atom is -0.497 e. The number of aromatic nitrogens is 1. The van der Waals surface area contributed by atoms with Gasteiger partial charge in [-0.15, -0.1) is 23.2 Å². The maximum Gasteiger partial charge on any atom is 0.337 e. The molecule has 4 N–H and O–H groups in total. The third-order valence-corrected chi connectivity index (χ3v) is 7.46. The predicted octanol–water partition coefficient (Wildman–Crippen LogP) is 7.78. The molecule has 0 atom stereocenters. The van der Waals surface area contributed by atoms with E-state index in [0.717, 1.165) is 11.1 Å². The molecule has 12 heteroatoms. The molecule has 0 radical (unpaired) electrons. The normalized spacial score (nSPS) is 10.8. The zero-order chi connectivity index (χ0) is 31.9. The van der Waals surface area contributed by atoms with Gasteiger partial charge in [0.15, 0.2) is 0 Å². The molecule has 45 heavy (non-hydrogen) atoms. The minimum absolute atomic E-state index is 0.0592. The second-order valence-corrected chi connectivity index (χ2v) is 10.6.